The highest BCUT2D eigenvalue weighted by Gasteiger charge is 2.29. The van der Waals surface area contributed by atoms with E-state index in [0.29, 0.717) is 13.0 Å². The fraction of sp³-hybridized carbons (Fsp3) is 0.857. The van der Waals surface area contributed by atoms with Crippen molar-refractivity contribution in [2.24, 2.45) is 0 Å². The minimum absolute atomic E-state index is 0.146. The predicted molar refractivity (Wildman–Crippen MR) is 85.9 cm³/mol. The maximum atomic E-state index is 12.4. The number of hydrogen-bond donors (Lipinski definition) is 2. The van der Waals surface area contributed by atoms with Crippen LogP contribution < -0.4 is 5.32 Å². The molecule has 0 aromatic heterocycles. The first-order valence-electron chi connectivity index (χ1n) is 7.47. The molecule has 1 rings (SSSR count). The van der Waals surface area contributed by atoms with E-state index in [1.807, 2.05) is 6.26 Å². The Labute approximate surface area is 131 Å². The van der Waals surface area contributed by atoms with Gasteiger partial charge >= 0.3 is 12.0 Å². The molecule has 0 aromatic rings. The van der Waals surface area contributed by atoms with E-state index < -0.39 is 12.0 Å². The Kier molecular flexibility index (Phi) is 7.88. The average molecular weight is 317 g/mol. The molecule has 122 valence electrons. The summed E-state index contributed by atoms with van der Waals surface area (Å²) in [5.74, 6) is -0.241. The summed E-state index contributed by atoms with van der Waals surface area (Å²) in [6.07, 6.45) is 4.18. The summed E-state index contributed by atoms with van der Waals surface area (Å²) in [5, 5.41) is 11.9. The molecule has 2 N–H and O–H groups in total. The molecule has 1 aliphatic heterocycles. The number of aliphatic carboxylic acids is 1. The molecule has 1 aliphatic rings. The Morgan fingerprint density at radius 1 is 1.43 bits per heavy atom. The first kappa shape index (κ1) is 18.1. The van der Waals surface area contributed by atoms with E-state index in [-0.39, 0.29) is 12.1 Å². The van der Waals surface area contributed by atoms with Gasteiger partial charge in [0, 0.05) is 19.1 Å². The molecule has 0 aliphatic carbocycles. The van der Waals surface area contributed by atoms with Crippen molar-refractivity contribution in [2.75, 3.05) is 38.7 Å². The van der Waals surface area contributed by atoms with Crippen molar-refractivity contribution in [3.63, 3.8) is 0 Å². The topological polar surface area (TPSA) is 72.9 Å². The van der Waals surface area contributed by atoms with Crippen LogP contribution in [0.2, 0.25) is 0 Å². The van der Waals surface area contributed by atoms with Crippen molar-refractivity contribution in [2.45, 2.75) is 38.3 Å². The number of urea groups is 1. The van der Waals surface area contributed by atoms with Gasteiger partial charge in [0.1, 0.15) is 6.04 Å². The highest BCUT2D eigenvalue weighted by atomic mass is 32.2. The number of carbonyl (C=O) groups excluding carboxylic acids is 1. The Morgan fingerprint density at radius 2 is 2.14 bits per heavy atom. The Balaban J connectivity index is 2.67. The van der Waals surface area contributed by atoms with Crippen molar-refractivity contribution < 1.29 is 14.7 Å². The smallest absolute Gasteiger partial charge is 0.326 e. The molecule has 0 saturated carbocycles. The van der Waals surface area contributed by atoms with E-state index in [4.69, 9.17) is 0 Å². The lowest BCUT2D eigenvalue weighted by Crippen LogP contribution is -2.52. The van der Waals surface area contributed by atoms with Crippen molar-refractivity contribution in [1.82, 2.24) is 15.1 Å². The van der Waals surface area contributed by atoms with Crippen LogP contribution >= 0.6 is 11.8 Å². The number of carbonyl (C=O) groups is 2. The van der Waals surface area contributed by atoms with Gasteiger partial charge in [-0.15, -0.1) is 0 Å². The molecule has 0 spiro atoms. The fourth-order valence-electron chi connectivity index (χ4n) is 2.59. The van der Waals surface area contributed by atoms with Crippen LogP contribution in [0.4, 0.5) is 4.79 Å². The van der Waals surface area contributed by atoms with E-state index in [0.717, 1.165) is 31.7 Å². The number of carboxylic acid groups (broad SMARTS) is 1. The third-order valence-electron chi connectivity index (χ3n) is 3.84. The maximum Gasteiger partial charge on any atom is 0.326 e. The van der Waals surface area contributed by atoms with Crippen LogP contribution in [0.5, 0.6) is 0 Å². The van der Waals surface area contributed by atoms with E-state index in [1.165, 1.54) is 0 Å². The van der Waals surface area contributed by atoms with Gasteiger partial charge in [-0.1, -0.05) is 6.92 Å². The second-order valence-electron chi connectivity index (χ2n) is 5.49. The number of rotatable bonds is 6. The average Bonchev–Trinajstić information content (AvgIpc) is 2.64. The van der Waals surface area contributed by atoms with Gasteiger partial charge in [0.05, 0.1) is 0 Å². The van der Waals surface area contributed by atoms with Gasteiger partial charge in [-0.25, -0.2) is 9.59 Å². The summed E-state index contributed by atoms with van der Waals surface area (Å²) in [4.78, 5) is 27.7. The number of thioether (sulfide) groups is 1. The molecule has 0 bridgehead atoms. The Hall–Kier alpha value is -0.950. The van der Waals surface area contributed by atoms with E-state index in [2.05, 4.69) is 24.2 Å². The van der Waals surface area contributed by atoms with Crippen molar-refractivity contribution in [3.8, 4) is 0 Å². The van der Waals surface area contributed by atoms with Gasteiger partial charge in [-0.3, -0.25) is 0 Å². The second kappa shape index (κ2) is 9.15. The van der Waals surface area contributed by atoms with Gasteiger partial charge in [-0.2, -0.15) is 11.8 Å². The zero-order chi connectivity index (χ0) is 15.8. The molecule has 6 nitrogen and oxygen atoms in total. The van der Waals surface area contributed by atoms with E-state index in [1.54, 1.807) is 16.7 Å². The number of hydrogen-bond acceptors (Lipinski definition) is 4. The number of amides is 2. The Morgan fingerprint density at radius 3 is 2.71 bits per heavy atom. The van der Waals surface area contributed by atoms with E-state index in [9.17, 15) is 14.7 Å². The van der Waals surface area contributed by atoms with Crippen molar-refractivity contribution >= 4 is 23.8 Å². The number of carboxylic acids is 1. The molecule has 21 heavy (non-hydrogen) atoms. The molecular weight excluding hydrogens is 290 g/mol. The van der Waals surface area contributed by atoms with Crippen LogP contribution in [0.3, 0.4) is 0 Å². The quantitative estimate of drug-likeness (QED) is 0.773. The normalized spacial score (nSPS) is 21.7. The number of likely N-dealkylation sites (N-methyl/N-ethyl adjacent to an activating group) is 1. The van der Waals surface area contributed by atoms with Crippen LogP contribution in [-0.2, 0) is 4.79 Å². The third-order valence-corrected chi connectivity index (χ3v) is 4.48. The minimum Gasteiger partial charge on any atom is -0.480 e. The lowest BCUT2D eigenvalue weighted by molar-refractivity contribution is -0.139. The predicted octanol–water partition coefficient (Wildman–Crippen LogP) is 1.32. The summed E-state index contributed by atoms with van der Waals surface area (Å²) in [7, 11) is 2.06. The zero-order valence-electron chi connectivity index (χ0n) is 13.2. The molecule has 1 fully saturated rings. The lowest BCUT2D eigenvalue weighted by Gasteiger charge is -2.31. The van der Waals surface area contributed by atoms with Crippen molar-refractivity contribution in [3.05, 3.63) is 0 Å². The molecule has 1 saturated heterocycles. The second-order valence-corrected chi connectivity index (χ2v) is 6.48. The minimum atomic E-state index is -0.961. The number of nitrogens with one attached hydrogen (secondary N) is 1. The fourth-order valence-corrected chi connectivity index (χ4v) is 3.06. The highest BCUT2D eigenvalue weighted by Crippen LogP contribution is 2.13. The molecule has 2 amide bonds. The summed E-state index contributed by atoms with van der Waals surface area (Å²) in [6, 6.07) is -0.901. The first-order valence-corrected chi connectivity index (χ1v) is 8.86. The van der Waals surface area contributed by atoms with Crippen molar-refractivity contribution in [1.29, 1.82) is 0 Å². The van der Waals surface area contributed by atoms with Crippen LogP contribution in [0, 0.1) is 0 Å². The molecule has 0 aromatic carbocycles. The zero-order valence-corrected chi connectivity index (χ0v) is 14.0. The summed E-state index contributed by atoms with van der Waals surface area (Å²) >= 11 is 1.58. The van der Waals surface area contributed by atoms with E-state index >= 15 is 0 Å². The third kappa shape index (κ3) is 5.74. The van der Waals surface area contributed by atoms with Gasteiger partial charge in [0.25, 0.3) is 0 Å². The lowest BCUT2D eigenvalue weighted by atomic mass is 10.2. The first-order chi connectivity index (χ1) is 9.99. The molecule has 1 unspecified atom stereocenters. The van der Waals surface area contributed by atoms with Crippen LogP contribution in [-0.4, -0.2) is 77.7 Å². The summed E-state index contributed by atoms with van der Waals surface area (Å²) < 4.78 is 0. The molecule has 7 heteroatoms. The largest absolute Gasteiger partial charge is 0.480 e. The molecule has 1 heterocycles. The van der Waals surface area contributed by atoms with Gasteiger partial charge in [0.15, 0.2) is 0 Å². The molecule has 2 atom stereocenters. The van der Waals surface area contributed by atoms with Crippen LogP contribution in [0.1, 0.15) is 26.2 Å². The SMILES string of the molecule is CCC1CN(C)CCCN1C(=O)N[C@@H](CCSC)C(=O)O. The van der Waals surface area contributed by atoms with Gasteiger partial charge < -0.3 is 20.2 Å². The highest BCUT2D eigenvalue weighted by molar-refractivity contribution is 7.98. The number of nitrogens with zero attached hydrogens (tertiary/aromatic N) is 2. The van der Waals surface area contributed by atoms with Gasteiger partial charge in [-0.05, 0) is 44.9 Å². The van der Waals surface area contributed by atoms with Crippen LogP contribution in [0.15, 0.2) is 0 Å². The standard InChI is InChI=1S/C14H27N3O3S/c1-4-11-10-16(2)7-5-8-17(11)14(20)15-12(13(18)19)6-9-21-3/h11-12H,4-10H2,1-3H3,(H,15,20)(H,18,19)/t11?,12-/m0/s1. The van der Waals surface area contributed by atoms with Crippen LogP contribution in [0.25, 0.3) is 0 Å². The monoisotopic (exact) mass is 317 g/mol. The Bertz CT molecular complexity index is 354. The molecular formula is C14H27N3O3S. The summed E-state index contributed by atoms with van der Waals surface area (Å²) in [6.45, 7) is 4.55. The molecule has 0 radical (unpaired) electrons. The maximum absolute atomic E-state index is 12.4. The summed E-state index contributed by atoms with van der Waals surface area (Å²) in [5.41, 5.74) is 0. The van der Waals surface area contributed by atoms with Gasteiger partial charge in [0.2, 0.25) is 0 Å².